The molecule has 0 saturated heterocycles. The first-order valence-corrected chi connectivity index (χ1v) is 12.9. The Morgan fingerprint density at radius 3 is 2.55 bits per heavy atom. The highest BCUT2D eigenvalue weighted by atomic mass is 32.2. The Morgan fingerprint density at radius 2 is 1.90 bits per heavy atom. The van der Waals surface area contributed by atoms with Crippen molar-refractivity contribution in [1.29, 1.82) is 0 Å². The van der Waals surface area contributed by atoms with Crippen molar-refractivity contribution in [1.82, 2.24) is 23.5 Å². The lowest BCUT2D eigenvalue weighted by molar-refractivity contribution is 0.102. The van der Waals surface area contributed by atoms with Gasteiger partial charge in [0.25, 0.3) is 0 Å². The molecule has 10 heteroatoms. The Balaban J connectivity index is 1.57. The van der Waals surface area contributed by atoms with Crippen LogP contribution >= 0.6 is 11.8 Å². The summed E-state index contributed by atoms with van der Waals surface area (Å²) in [5, 5.41) is 8.77. The van der Waals surface area contributed by atoms with Crippen molar-refractivity contribution < 1.29 is 13.2 Å². The zero-order valence-electron chi connectivity index (χ0n) is 18.2. The highest BCUT2D eigenvalue weighted by Gasteiger charge is 2.28. The van der Waals surface area contributed by atoms with Gasteiger partial charge in [0.1, 0.15) is 0 Å². The number of nitrogens with zero attached hydrogens (tertiary/aromatic N) is 5. The largest absolute Gasteiger partial charge is 0.345 e. The van der Waals surface area contributed by atoms with Crippen LogP contribution in [0.4, 0.5) is 0 Å². The molecule has 0 radical (unpaired) electrons. The number of aryl methyl sites for hydroxylation is 1. The van der Waals surface area contributed by atoms with Crippen molar-refractivity contribution in [3.8, 4) is 0 Å². The fourth-order valence-electron chi connectivity index (χ4n) is 3.98. The average molecular weight is 462 g/mol. The SMILES string of the molecule is CCN(CC)S(=O)(=O)c1ccc2nnc(SCC(=O)c3cc(C)n(C4CC4)c3C)n2c1. The predicted octanol–water partition coefficient (Wildman–Crippen LogP) is 3.49. The van der Waals surface area contributed by atoms with Crippen LogP contribution in [0.15, 0.2) is 34.4 Å². The van der Waals surface area contributed by atoms with Crippen LogP contribution in [0.25, 0.3) is 5.65 Å². The monoisotopic (exact) mass is 461 g/mol. The molecule has 4 rings (SSSR count). The number of thioether (sulfide) groups is 1. The van der Waals surface area contributed by atoms with Crippen LogP contribution in [0, 0.1) is 13.8 Å². The summed E-state index contributed by atoms with van der Waals surface area (Å²) in [4.78, 5) is 13.1. The topological polar surface area (TPSA) is 89.6 Å². The van der Waals surface area contributed by atoms with E-state index in [9.17, 15) is 13.2 Å². The number of fused-ring (bicyclic) bond motifs is 1. The van der Waals surface area contributed by atoms with E-state index in [1.54, 1.807) is 16.5 Å². The van der Waals surface area contributed by atoms with Crippen LogP contribution in [0.2, 0.25) is 0 Å². The summed E-state index contributed by atoms with van der Waals surface area (Å²) in [6, 6.07) is 5.68. The molecule has 0 aliphatic heterocycles. The van der Waals surface area contributed by atoms with Gasteiger partial charge in [-0.1, -0.05) is 25.6 Å². The molecule has 3 heterocycles. The first kappa shape index (κ1) is 22.0. The summed E-state index contributed by atoms with van der Waals surface area (Å²) in [6.07, 6.45) is 3.88. The number of carbonyl (C=O) groups is 1. The summed E-state index contributed by atoms with van der Waals surface area (Å²) in [5.74, 6) is 0.247. The normalized spacial score (nSPS) is 14.6. The molecule has 8 nitrogen and oxygen atoms in total. The van der Waals surface area contributed by atoms with Gasteiger partial charge in [0.05, 0.1) is 10.6 Å². The smallest absolute Gasteiger partial charge is 0.244 e. The molecule has 3 aromatic rings. The number of pyridine rings is 1. The molecule has 0 bridgehead atoms. The fourth-order valence-corrected chi connectivity index (χ4v) is 6.23. The number of hydrogen-bond acceptors (Lipinski definition) is 6. The third-order valence-corrected chi connectivity index (χ3v) is 8.69. The Kier molecular flexibility index (Phi) is 5.97. The lowest BCUT2D eigenvalue weighted by Gasteiger charge is -2.18. The van der Waals surface area contributed by atoms with E-state index in [1.165, 1.54) is 35.1 Å². The average Bonchev–Trinajstić information content (AvgIpc) is 3.41. The second kappa shape index (κ2) is 8.40. The quantitative estimate of drug-likeness (QED) is 0.358. The molecule has 0 unspecified atom stereocenters. The molecule has 166 valence electrons. The summed E-state index contributed by atoms with van der Waals surface area (Å²) >= 11 is 1.27. The number of carbonyl (C=O) groups excluding carboxylic acids is 1. The number of rotatable bonds is 9. The molecule has 1 aliphatic carbocycles. The molecule has 1 saturated carbocycles. The maximum Gasteiger partial charge on any atom is 0.244 e. The number of ketones is 1. The van der Waals surface area contributed by atoms with E-state index in [1.807, 2.05) is 33.8 Å². The number of sulfonamides is 1. The van der Waals surface area contributed by atoms with E-state index in [0.717, 1.165) is 17.0 Å². The van der Waals surface area contributed by atoms with Crippen LogP contribution in [0.3, 0.4) is 0 Å². The Bertz CT molecular complexity index is 1240. The van der Waals surface area contributed by atoms with E-state index >= 15 is 0 Å². The van der Waals surface area contributed by atoms with Crippen molar-refractivity contribution in [3.63, 3.8) is 0 Å². The lowest BCUT2D eigenvalue weighted by atomic mass is 10.2. The van der Waals surface area contributed by atoms with Crippen molar-refractivity contribution in [3.05, 3.63) is 41.3 Å². The second-order valence-corrected chi connectivity index (χ2v) is 10.6. The van der Waals surface area contributed by atoms with Gasteiger partial charge < -0.3 is 4.57 Å². The van der Waals surface area contributed by atoms with Crippen LogP contribution in [-0.4, -0.2) is 56.5 Å². The van der Waals surface area contributed by atoms with Gasteiger partial charge in [0, 0.05) is 42.3 Å². The zero-order valence-corrected chi connectivity index (χ0v) is 19.8. The molecule has 31 heavy (non-hydrogen) atoms. The third-order valence-electron chi connectivity index (χ3n) is 5.72. The van der Waals surface area contributed by atoms with Gasteiger partial charge in [-0.2, -0.15) is 4.31 Å². The van der Waals surface area contributed by atoms with Gasteiger partial charge >= 0.3 is 0 Å². The number of hydrogen-bond donors (Lipinski definition) is 0. The first-order valence-electron chi connectivity index (χ1n) is 10.5. The van der Waals surface area contributed by atoms with Gasteiger partial charge in [-0.15, -0.1) is 10.2 Å². The zero-order chi connectivity index (χ0) is 22.3. The molecule has 0 amide bonds. The molecular formula is C21H27N5O3S2. The maximum absolute atomic E-state index is 12.9. The van der Waals surface area contributed by atoms with E-state index in [4.69, 9.17) is 0 Å². The summed E-state index contributed by atoms with van der Waals surface area (Å²) in [7, 11) is -3.59. The Morgan fingerprint density at radius 1 is 1.19 bits per heavy atom. The minimum Gasteiger partial charge on any atom is -0.345 e. The van der Waals surface area contributed by atoms with Gasteiger partial charge in [-0.05, 0) is 44.9 Å². The van der Waals surface area contributed by atoms with Gasteiger partial charge in [0.2, 0.25) is 10.0 Å². The molecule has 0 atom stereocenters. The van der Waals surface area contributed by atoms with Gasteiger partial charge in [-0.25, -0.2) is 8.42 Å². The molecule has 1 fully saturated rings. The Hall–Kier alpha value is -2.17. The van der Waals surface area contributed by atoms with Crippen molar-refractivity contribution in [2.45, 2.75) is 56.6 Å². The van der Waals surface area contributed by atoms with Crippen molar-refractivity contribution in [2.75, 3.05) is 18.8 Å². The lowest BCUT2D eigenvalue weighted by Crippen LogP contribution is -2.30. The summed E-state index contributed by atoms with van der Waals surface area (Å²) in [5.41, 5.74) is 3.42. The summed E-state index contributed by atoms with van der Waals surface area (Å²) in [6.45, 7) is 8.46. The van der Waals surface area contributed by atoms with Gasteiger partial charge in [0.15, 0.2) is 16.6 Å². The molecule has 0 spiro atoms. The number of aromatic nitrogens is 4. The van der Waals surface area contributed by atoms with Crippen LogP contribution in [0.5, 0.6) is 0 Å². The van der Waals surface area contributed by atoms with E-state index in [-0.39, 0.29) is 16.4 Å². The second-order valence-electron chi connectivity index (χ2n) is 7.76. The Labute approximate surface area is 186 Å². The number of Topliss-reactive ketones (excluding diaryl/α,β-unsaturated/α-hetero) is 1. The van der Waals surface area contributed by atoms with E-state index in [0.29, 0.717) is 29.9 Å². The standard InChI is InChI=1S/C21H27N5O3S2/c1-5-24(6-2)31(28,29)17-9-10-20-22-23-21(25(20)12-17)30-13-19(27)18-11-14(3)26(15(18)4)16-7-8-16/h9-12,16H,5-8,13H2,1-4H3. The predicted molar refractivity (Wildman–Crippen MR) is 120 cm³/mol. The maximum atomic E-state index is 12.9. The highest BCUT2D eigenvalue weighted by Crippen LogP contribution is 2.38. The van der Waals surface area contributed by atoms with Gasteiger partial charge in [-0.3, -0.25) is 9.20 Å². The van der Waals surface area contributed by atoms with E-state index < -0.39 is 10.0 Å². The van der Waals surface area contributed by atoms with Crippen LogP contribution in [-0.2, 0) is 10.0 Å². The van der Waals surface area contributed by atoms with Crippen LogP contribution in [0.1, 0.15) is 54.5 Å². The summed E-state index contributed by atoms with van der Waals surface area (Å²) < 4.78 is 31.0. The molecule has 1 aliphatic rings. The highest BCUT2D eigenvalue weighted by molar-refractivity contribution is 7.99. The van der Waals surface area contributed by atoms with E-state index in [2.05, 4.69) is 14.8 Å². The fraction of sp³-hybridized carbons (Fsp3) is 0.476. The minimum atomic E-state index is -3.59. The third kappa shape index (κ3) is 4.04. The molecule has 3 aromatic heterocycles. The molecular weight excluding hydrogens is 434 g/mol. The molecule has 0 N–H and O–H groups in total. The van der Waals surface area contributed by atoms with Crippen LogP contribution < -0.4 is 0 Å². The van der Waals surface area contributed by atoms with Crippen molar-refractivity contribution >= 4 is 33.2 Å². The molecule has 0 aromatic carbocycles. The van der Waals surface area contributed by atoms with Crippen molar-refractivity contribution in [2.24, 2.45) is 0 Å². The minimum absolute atomic E-state index is 0.0358. The first-order chi connectivity index (χ1) is 14.8.